The predicted molar refractivity (Wildman–Crippen MR) is 38.4 cm³/mol. The number of hydrogen-bond acceptors (Lipinski definition) is 2. The standard InChI is InChI=1S/C7H14NO2/c1-5(2)6(3)4-10-7(8)9/h5-6,8H,4H2,1-3H3. The third kappa shape index (κ3) is 4.18. The molecule has 1 radical (unpaired) electrons. The van der Waals surface area contributed by atoms with Crippen molar-refractivity contribution < 1.29 is 9.53 Å². The second-order valence-electron chi connectivity index (χ2n) is 2.82. The first-order valence-electron chi connectivity index (χ1n) is 3.42. The van der Waals surface area contributed by atoms with Crippen LogP contribution in [0.2, 0.25) is 0 Å². The van der Waals surface area contributed by atoms with E-state index in [1.54, 1.807) is 0 Å². The van der Waals surface area contributed by atoms with E-state index < -0.39 is 6.09 Å². The Balaban J connectivity index is 3.39. The number of nitrogens with one attached hydrogen (secondary N) is 1. The van der Waals surface area contributed by atoms with Crippen LogP contribution in [0.1, 0.15) is 20.8 Å². The van der Waals surface area contributed by atoms with Crippen molar-refractivity contribution in [3.8, 4) is 0 Å². The van der Waals surface area contributed by atoms with Crippen LogP contribution in [0.4, 0.5) is 4.79 Å². The van der Waals surface area contributed by atoms with Crippen molar-refractivity contribution in [3.63, 3.8) is 0 Å². The summed E-state index contributed by atoms with van der Waals surface area (Å²) < 4.78 is 4.49. The lowest BCUT2D eigenvalue weighted by molar-refractivity contribution is 0.127. The van der Waals surface area contributed by atoms with E-state index in [0.717, 1.165) is 0 Å². The van der Waals surface area contributed by atoms with Crippen LogP contribution in [0.5, 0.6) is 0 Å². The first kappa shape index (κ1) is 9.27. The van der Waals surface area contributed by atoms with E-state index in [0.29, 0.717) is 18.4 Å². The zero-order valence-corrected chi connectivity index (χ0v) is 6.68. The maximum Gasteiger partial charge on any atom is 0.426 e. The van der Waals surface area contributed by atoms with E-state index in [-0.39, 0.29) is 0 Å². The molecule has 0 rings (SSSR count). The second-order valence-corrected chi connectivity index (χ2v) is 2.82. The van der Waals surface area contributed by atoms with E-state index >= 15 is 0 Å². The fourth-order valence-electron chi connectivity index (χ4n) is 0.400. The van der Waals surface area contributed by atoms with Gasteiger partial charge in [0.05, 0.1) is 6.61 Å². The largest absolute Gasteiger partial charge is 0.448 e. The summed E-state index contributed by atoms with van der Waals surface area (Å²) in [5.74, 6) is 0.841. The third-order valence-corrected chi connectivity index (χ3v) is 1.62. The average Bonchev–Trinajstić information content (AvgIpc) is 1.82. The van der Waals surface area contributed by atoms with Crippen LogP contribution in [0.25, 0.3) is 0 Å². The SMILES string of the molecule is CC(C)C(C)COC([NH])=O. The highest BCUT2D eigenvalue weighted by Gasteiger charge is 2.08. The Morgan fingerprint density at radius 2 is 2.00 bits per heavy atom. The van der Waals surface area contributed by atoms with E-state index in [1.165, 1.54) is 0 Å². The molecule has 1 atom stereocenters. The average molecular weight is 144 g/mol. The Morgan fingerprint density at radius 1 is 1.50 bits per heavy atom. The molecule has 0 saturated carbocycles. The van der Waals surface area contributed by atoms with Crippen molar-refractivity contribution in [3.05, 3.63) is 0 Å². The Morgan fingerprint density at radius 3 is 2.30 bits per heavy atom. The summed E-state index contributed by atoms with van der Waals surface area (Å²) in [4.78, 5) is 10.0. The maximum absolute atomic E-state index is 10.0. The van der Waals surface area contributed by atoms with Crippen LogP contribution in [0.3, 0.4) is 0 Å². The van der Waals surface area contributed by atoms with E-state index in [4.69, 9.17) is 5.73 Å². The van der Waals surface area contributed by atoms with Gasteiger partial charge in [-0.1, -0.05) is 20.8 Å². The number of rotatable bonds is 3. The van der Waals surface area contributed by atoms with Crippen LogP contribution in [-0.4, -0.2) is 12.7 Å². The molecule has 0 bridgehead atoms. The summed E-state index contributed by atoms with van der Waals surface area (Å²) in [6.45, 7) is 6.47. The van der Waals surface area contributed by atoms with Crippen LogP contribution < -0.4 is 5.73 Å². The molecule has 1 N–H and O–H groups in total. The van der Waals surface area contributed by atoms with Crippen LogP contribution in [0.15, 0.2) is 0 Å². The van der Waals surface area contributed by atoms with E-state index in [9.17, 15) is 4.79 Å². The molecule has 1 unspecified atom stereocenters. The number of carbonyl (C=O) groups is 1. The molecular weight excluding hydrogens is 130 g/mol. The van der Waals surface area contributed by atoms with Gasteiger partial charge in [0.1, 0.15) is 0 Å². The van der Waals surface area contributed by atoms with Gasteiger partial charge in [-0.3, -0.25) is 0 Å². The number of hydrogen-bond donors (Lipinski definition) is 0. The molecule has 3 nitrogen and oxygen atoms in total. The molecular formula is C7H14NO2. The molecule has 0 saturated heterocycles. The Hall–Kier alpha value is -0.730. The molecule has 0 aromatic rings. The molecule has 0 aromatic heterocycles. The smallest absolute Gasteiger partial charge is 0.426 e. The van der Waals surface area contributed by atoms with Gasteiger partial charge in [0.25, 0.3) is 0 Å². The highest BCUT2D eigenvalue weighted by Crippen LogP contribution is 2.09. The van der Waals surface area contributed by atoms with Crippen LogP contribution in [-0.2, 0) is 4.74 Å². The Kier molecular flexibility index (Phi) is 3.84. The fraction of sp³-hybridized carbons (Fsp3) is 0.857. The molecule has 0 aliphatic carbocycles. The second kappa shape index (κ2) is 4.14. The predicted octanol–water partition coefficient (Wildman–Crippen LogP) is 1.70. The first-order valence-corrected chi connectivity index (χ1v) is 3.42. The van der Waals surface area contributed by atoms with Crippen molar-refractivity contribution in [2.75, 3.05) is 6.61 Å². The molecule has 0 aliphatic rings. The zero-order valence-electron chi connectivity index (χ0n) is 6.68. The van der Waals surface area contributed by atoms with Crippen molar-refractivity contribution in [2.45, 2.75) is 20.8 Å². The molecule has 0 fully saturated rings. The molecule has 0 spiro atoms. The number of amides is 1. The van der Waals surface area contributed by atoms with Crippen molar-refractivity contribution >= 4 is 6.09 Å². The summed E-state index contributed by atoms with van der Waals surface area (Å²) in [5.41, 5.74) is 6.45. The van der Waals surface area contributed by atoms with E-state index in [2.05, 4.69) is 18.6 Å². The summed E-state index contributed by atoms with van der Waals surface area (Å²) in [6, 6.07) is 0. The molecule has 10 heavy (non-hydrogen) atoms. The molecule has 0 aliphatic heterocycles. The van der Waals surface area contributed by atoms with Gasteiger partial charge < -0.3 is 4.74 Å². The molecule has 3 heteroatoms. The van der Waals surface area contributed by atoms with Crippen LogP contribution in [0, 0.1) is 11.8 Å². The topological polar surface area (TPSA) is 50.1 Å². The van der Waals surface area contributed by atoms with Crippen LogP contribution >= 0.6 is 0 Å². The van der Waals surface area contributed by atoms with Gasteiger partial charge in [-0.15, -0.1) is 0 Å². The lowest BCUT2D eigenvalue weighted by atomic mass is 10.00. The number of ether oxygens (including phenoxy) is 1. The van der Waals surface area contributed by atoms with Crippen molar-refractivity contribution in [2.24, 2.45) is 11.8 Å². The first-order chi connectivity index (χ1) is 4.54. The molecule has 0 aromatic carbocycles. The summed E-state index contributed by atoms with van der Waals surface area (Å²) in [7, 11) is 0. The van der Waals surface area contributed by atoms with Crippen molar-refractivity contribution in [1.29, 1.82) is 0 Å². The van der Waals surface area contributed by atoms with Gasteiger partial charge in [0.15, 0.2) is 0 Å². The minimum atomic E-state index is -0.937. The quantitative estimate of drug-likeness (QED) is 0.605. The van der Waals surface area contributed by atoms with Crippen molar-refractivity contribution in [1.82, 2.24) is 5.73 Å². The zero-order chi connectivity index (χ0) is 8.15. The lowest BCUT2D eigenvalue weighted by Gasteiger charge is -2.13. The highest BCUT2D eigenvalue weighted by molar-refractivity contribution is 5.63. The normalized spacial score (nSPS) is 13.2. The number of carbonyl (C=O) groups excluding carboxylic acids is 1. The summed E-state index contributed by atoms with van der Waals surface area (Å²) >= 11 is 0. The van der Waals surface area contributed by atoms with Gasteiger partial charge in [-0.25, -0.2) is 10.5 Å². The summed E-state index contributed by atoms with van der Waals surface area (Å²) in [5, 5.41) is 0. The minimum Gasteiger partial charge on any atom is -0.448 e. The molecule has 0 heterocycles. The third-order valence-electron chi connectivity index (χ3n) is 1.62. The van der Waals surface area contributed by atoms with Gasteiger partial charge in [-0.2, -0.15) is 0 Å². The minimum absolute atomic E-state index is 0.342. The molecule has 59 valence electrons. The van der Waals surface area contributed by atoms with Gasteiger partial charge in [0.2, 0.25) is 0 Å². The van der Waals surface area contributed by atoms with E-state index in [1.807, 2.05) is 6.92 Å². The monoisotopic (exact) mass is 144 g/mol. The lowest BCUT2D eigenvalue weighted by Crippen LogP contribution is -2.15. The Bertz CT molecular complexity index is 112. The van der Waals surface area contributed by atoms with Gasteiger partial charge >= 0.3 is 6.09 Å². The molecule has 1 amide bonds. The van der Waals surface area contributed by atoms with Gasteiger partial charge in [-0.05, 0) is 11.8 Å². The Labute approximate surface area is 61.5 Å². The van der Waals surface area contributed by atoms with Gasteiger partial charge in [0, 0.05) is 0 Å². The summed E-state index contributed by atoms with van der Waals surface area (Å²) in [6.07, 6.45) is -0.937. The maximum atomic E-state index is 10.0. The highest BCUT2D eigenvalue weighted by atomic mass is 16.5. The fourth-order valence-corrected chi connectivity index (χ4v) is 0.400.